The Balaban J connectivity index is 1.24. The number of nitrogens with one attached hydrogen (secondary N) is 1. The molecule has 2 heterocycles. The first-order valence-corrected chi connectivity index (χ1v) is 13.7. The van der Waals surface area contributed by atoms with Crippen LogP contribution >= 0.6 is 0 Å². The number of carbonyl (C=O) groups is 1. The number of urea groups is 1. The molecule has 1 N–H and O–H groups in total. The summed E-state index contributed by atoms with van der Waals surface area (Å²) in [5.41, 5.74) is 3.46. The fourth-order valence-corrected chi connectivity index (χ4v) is 6.24. The minimum absolute atomic E-state index is 0.00124. The third-order valence-electron chi connectivity index (χ3n) is 8.10. The van der Waals surface area contributed by atoms with Gasteiger partial charge in [-0.2, -0.15) is 0 Å². The van der Waals surface area contributed by atoms with E-state index in [4.69, 9.17) is 0 Å². The Morgan fingerprint density at radius 1 is 0.865 bits per heavy atom. The van der Waals surface area contributed by atoms with Crippen LogP contribution in [0, 0.1) is 17.2 Å². The number of benzene rings is 3. The van der Waals surface area contributed by atoms with Gasteiger partial charge in [0.2, 0.25) is 0 Å². The molecule has 5 rings (SSSR count). The fraction of sp³-hybridized carbons (Fsp3) is 0.406. The van der Waals surface area contributed by atoms with Gasteiger partial charge in [0.25, 0.3) is 0 Å². The van der Waals surface area contributed by atoms with Crippen LogP contribution in [0.4, 0.5) is 14.9 Å². The van der Waals surface area contributed by atoms with E-state index in [1.165, 1.54) is 11.1 Å². The fourth-order valence-electron chi connectivity index (χ4n) is 6.24. The average molecular weight is 500 g/mol. The second-order valence-corrected chi connectivity index (χ2v) is 11.0. The second kappa shape index (κ2) is 11.9. The summed E-state index contributed by atoms with van der Waals surface area (Å²) in [4.78, 5) is 17.9. The smallest absolute Gasteiger partial charge is 0.321 e. The monoisotopic (exact) mass is 499 g/mol. The summed E-state index contributed by atoms with van der Waals surface area (Å²) in [5.74, 6) is 0.479. The van der Waals surface area contributed by atoms with Crippen LogP contribution in [0.15, 0.2) is 84.9 Å². The normalized spacial score (nSPS) is 21.1. The van der Waals surface area contributed by atoms with Crippen LogP contribution in [0.2, 0.25) is 0 Å². The molecule has 2 aliphatic heterocycles. The largest absolute Gasteiger partial charge is 0.324 e. The summed E-state index contributed by atoms with van der Waals surface area (Å²) >= 11 is 0. The van der Waals surface area contributed by atoms with Crippen LogP contribution in [0.5, 0.6) is 0 Å². The molecule has 37 heavy (non-hydrogen) atoms. The zero-order chi connectivity index (χ0) is 25.5. The summed E-state index contributed by atoms with van der Waals surface area (Å²) in [5, 5.41) is 3.10. The third-order valence-corrected chi connectivity index (χ3v) is 8.10. The van der Waals surface area contributed by atoms with Gasteiger partial charge in [-0.3, -0.25) is 0 Å². The molecule has 2 saturated heterocycles. The predicted octanol–water partition coefficient (Wildman–Crippen LogP) is 6.64. The maximum absolute atomic E-state index is 13.3. The molecule has 3 aromatic rings. The lowest BCUT2D eigenvalue weighted by atomic mass is 9.74. The van der Waals surface area contributed by atoms with Crippen LogP contribution in [-0.2, 0) is 12.8 Å². The van der Waals surface area contributed by atoms with Crippen molar-refractivity contribution in [1.82, 2.24) is 9.80 Å². The Morgan fingerprint density at radius 3 is 2.24 bits per heavy atom. The molecule has 1 unspecified atom stereocenters. The average Bonchev–Trinajstić information content (AvgIpc) is 2.92. The Hall–Kier alpha value is -3.18. The molecule has 0 saturated carbocycles. The van der Waals surface area contributed by atoms with Gasteiger partial charge in [0.1, 0.15) is 5.82 Å². The van der Waals surface area contributed by atoms with E-state index < -0.39 is 0 Å². The Morgan fingerprint density at radius 2 is 1.54 bits per heavy atom. The van der Waals surface area contributed by atoms with Crippen molar-refractivity contribution in [2.24, 2.45) is 11.3 Å². The molecule has 0 bridgehead atoms. The first-order valence-electron chi connectivity index (χ1n) is 13.7. The van der Waals surface area contributed by atoms with Crippen molar-refractivity contribution in [3.8, 4) is 0 Å². The Bertz CT molecular complexity index is 1130. The van der Waals surface area contributed by atoms with Crippen LogP contribution in [-0.4, -0.2) is 48.6 Å². The predicted molar refractivity (Wildman–Crippen MR) is 148 cm³/mol. The minimum Gasteiger partial charge on any atom is -0.324 e. The Labute approximate surface area is 220 Å². The molecule has 194 valence electrons. The molecule has 0 radical (unpaired) electrons. The van der Waals surface area contributed by atoms with Crippen LogP contribution < -0.4 is 5.32 Å². The standard InChI is InChI=1S/C32H38FN3O/c33-29-14-12-26(13-15-29)22-27-16-20-35(21-17-27)24-32(23-28-8-3-1-4-9-28)18-7-19-36(25-32)31(37)34-30-10-5-2-6-11-30/h1-6,8-15,27H,7,16-25H2,(H,34,37). The van der Waals surface area contributed by atoms with Crippen molar-refractivity contribution in [3.05, 3.63) is 102 Å². The zero-order valence-corrected chi connectivity index (χ0v) is 21.6. The SMILES string of the molecule is O=C(Nc1ccccc1)N1CCCC(Cc2ccccc2)(CN2CCC(Cc3ccc(F)cc3)CC2)C1. The van der Waals surface area contributed by atoms with Gasteiger partial charge >= 0.3 is 6.03 Å². The topological polar surface area (TPSA) is 35.6 Å². The number of hydrogen-bond acceptors (Lipinski definition) is 2. The molecule has 4 nitrogen and oxygen atoms in total. The number of amides is 2. The number of nitrogens with zero attached hydrogens (tertiary/aromatic N) is 2. The highest BCUT2D eigenvalue weighted by Gasteiger charge is 2.39. The highest BCUT2D eigenvalue weighted by Crippen LogP contribution is 2.36. The van der Waals surface area contributed by atoms with Gasteiger partial charge in [-0.25, -0.2) is 9.18 Å². The van der Waals surface area contributed by atoms with E-state index in [-0.39, 0.29) is 17.3 Å². The van der Waals surface area contributed by atoms with Crippen molar-refractivity contribution in [3.63, 3.8) is 0 Å². The van der Waals surface area contributed by atoms with Crippen molar-refractivity contribution >= 4 is 11.7 Å². The third kappa shape index (κ3) is 6.98. The molecule has 5 heteroatoms. The number of hydrogen-bond donors (Lipinski definition) is 1. The molecule has 3 aromatic carbocycles. The van der Waals surface area contributed by atoms with Crippen molar-refractivity contribution in [2.75, 3.05) is 38.0 Å². The van der Waals surface area contributed by atoms with Crippen molar-refractivity contribution < 1.29 is 9.18 Å². The number of para-hydroxylation sites is 1. The summed E-state index contributed by atoms with van der Waals surface area (Å²) in [7, 11) is 0. The lowest BCUT2D eigenvalue weighted by molar-refractivity contribution is 0.0520. The highest BCUT2D eigenvalue weighted by atomic mass is 19.1. The number of halogens is 1. The summed E-state index contributed by atoms with van der Waals surface area (Å²) < 4.78 is 13.3. The summed E-state index contributed by atoms with van der Waals surface area (Å²) in [6, 6.07) is 27.5. The lowest BCUT2D eigenvalue weighted by Crippen LogP contribution is -2.54. The van der Waals surface area contributed by atoms with Gasteiger partial charge < -0.3 is 15.1 Å². The quantitative estimate of drug-likeness (QED) is 0.396. The maximum Gasteiger partial charge on any atom is 0.321 e. The van der Waals surface area contributed by atoms with E-state index >= 15 is 0 Å². The number of rotatable bonds is 7. The molecule has 2 amide bonds. The number of carbonyl (C=O) groups excluding carboxylic acids is 1. The summed E-state index contributed by atoms with van der Waals surface area (Å²) in [6.07, 6.45) is 6.49. The molecule has 2 aliphatic rings. The summed E-state index contributed by atoms with van der Waals surface area (Å²) in [6.45, 7) is 4.75. The van der Waals surface area contributed by atoms with E-state index in [1.54, 1.807) is 12.1 Å². The van der Waals surface area contributed by atoms with Gasteiger partial charge in [-0.05, 0) is 92.9 Å². The first kappa shape index (κ1) is 25.5. The van der Waals surface area contributed by atoms with Crippen molar-refractivity contribution in [2.45, 2.75) is 38.5 Å². The van der Waals surface area contributed by atoms with E-state index in [9.17, 15) is 9.18 Å². The van der Waals surface area contributed by atoms with Gasteiger partial charge in [0.15, 0.2) is 0 Å². The Kier molecular flexibility index (Phi) is 8.20. The molecular formula is C32H38FN3O. The van der Waals surface area contributed by atoms with E-state index in [2.05, 4.69) is 40.5 Å². The first-order chi connectivity index (χ1) is 18.1. The van der Waals surface area contributed by atoms with E-state index in [0.29, 0.717) is 5.92 Å². The molecule has 1 atom stereocenters. The molecular weight excluding hydrogens is 461 g/mol. The van der Waals surface area contributed by atoms with Gasteiger partial charge in [-0.15, -0.1) is 0 Å². The zero-order valence-electron chi connectivity index (χ0n) is 21.6. The molecule has 0 aliphatic carbocycles. The number of anilines is 1. The maximum atomic E-state index is 13.3. The van der Waals surface area contributed by atoms with Crippen LogP contribution in [0.25, 0.3) is 0 Å². The molecule has 0 aromatic heterocycles. The number of piperidine rings is 2. The van der Waals surface area contributed by atoms with Crippen LogP contribution in [0.3, 0.4) is 0 Å². The molecule has 0 spiro atoms. The van der Waals surface area contributed by atoms with Gasteiger partial charge in [0.05, 0.1) is 0 Å². The van der Waals surface area contributed by atoms with Crippen molar-refractivity contribution in [1.29, 1.82) is 0 Å². The number of likely N-dealkylation sites (tertiary alicyclic amines) is 2. The minimum atomic E-state index is -0.166. The highest BCUT2D eigenvalue weighted by molar-refractivity contribution is 5.89. The van der Waals surface area contributed by atoms with Gasteiger partial charge in [-0.1, -0.05) is 60.7 Å². The second-order valence-electron chi connectivity index (χ2n) is 11.0. The van der Waals surface area contributed by atoms with E-state index in [0.717, 1.165) is 76.9 Å². The molecule has 2 fully saturated rings. The van der Waals surface area contributed by atoms with Crippen LogP contribution in [0.1, 0.15) is 36.8 Å². The van der Waals surface area contributed by atoms with E-state index in [1.807, 2.05) is 47.4 Å². The van der Waals surface area contributed by atoms with Gasteiger partial charge in [0, 0.05) is 30.7 Å². The lowest BCUT2D eigenvalue weighted by Gasteiger charge is -2.47.